The van der Waals surface area contributed by atoms with Crippen LogP contribution in [0.3, 0.4) is 0 Å². The molecule has 34 heavy (non-hydrogen) atoms. The zero-order chi connectivity index (χ0) is 24.5. The minimum atomic E-state index is -0.176. The molecule has 1 fully saturated rings. The van der Waals surface area contributed by atoms with Gasteiger partial charge in [0.05, 0.1) is 5.70 Å². The molecular weight excluding hydrogens is 426 g/mol. The molecule has 1 aliphatic heterocycles. The van der Waals surface area contributed by atoms with Crippen molar-refractivity contribution in [3.8, 4) is 0 Å². The summed E-state index contributed by atoms with van der Waals surface area (Å²) in [5, 5.41) is 0. The zero-order valence-corrected chi connectivity index (χ0v) is 20.0. The van der Waals surface area contributed by atoms with Crippen molar-refractivity contribution in [2.75, 3.05) is 40.3 Å². The summed E-state index contributed by atoms with van der Waals surface area (Å²) in [6.45, 7) is 7.14. The molecule has 7 nitrogen and oxygen atoms in total. The standard InChI is InChI=1S/C27H33N5O2/c1-20(22-12-8-13-23(19-22)27(34)32-17-15-31(3)16-18-32)30-25(26(28)29-2)24(33)14-7-11-21-9-5-4-6-10-21/h4-6,8-10,12-13,19H,1,7,11,14-18H2,2-3H3,(H2,28,29). The lowest BCUT2D eigenvalue weighted by molar-refractivity contribution is -0.112. The van der Waals surface area contributed by atoms with Crippen LogP contribution in [0.25, 0.3) is 5.70 Å². The summed E-state index contributed by atoms with van der Waals surface area (Å²) in [6, 6.07) is 17.2. The Morgan fingerprint density at radius 1 is 1.00 bits per heavy atom. The molecule has 0 radical (unpaired) electrons. The van der Waals surface area contributed by atoms with Crippen molar-refractivity contribution in [3.63, 3.8) is 0 Å². The molecule has 0 bridgehead atoms. The van der Waals surface area contributed by atoms with E-state index in [9.17, 15) is 9.59 Å². The highest BCUT2D eigenvalue weighted by molar-refractivity contribution is 6.67. The Morgan fingerprint density at radius 3 is 2.35 bits per heavy atom. The number of hydrogen-bond donors (Lipinski definition) is 1. The Labute approximate surface area is 201 Å². The molecule has 1 aliphatic rings. The molecule has 0 unspecified atom stereocenters. The van der Waals surface area contributed by atoms with Gasteiger partial charge in [-0.15, -0.1) is 0 Å². The number of ketones is 1. The first-order valence-electron chi connectivity index (χ1n) is 11.5. The van der Waals surface area contributed by atoms with Gasteiger partial charge in [-0.2, -0.15) is 0 Å². The fourth-order valence-corrected chi connectivity index (χ4v) is 3.81. The maximum Gasteiger partial charge on any atom is 0.253 e. The molecule has 1 heterocycles. The number of carbonyl (C=O) groups excluding carboxylic acids is 2. The molecule has 2 aromatic carbocycles. The molecule has 0 aromatic heterocycles. The molecule has 1 saturated heterocycles. The number of aliphatic imine (C=N–C) groups is 2. The van der Waals surface area contributed by atoms with E-state index in [1.807, 2.05) is 41.3 Å². The molecule has 0 atom stereocenters. The predicted molar refractivity (Wildman–Crippen MR) is 138 cm³/mol. The summed E-state index contributed by atoms with van der Waals surface area (Å²) in [7, 11) is 3.58. The van der Waals surface area contributed by atoms with Gasteiger partial charge in [0.2, 0.25) is 0 Å². The van der Waals surface area contributed by atoms with E-state index >= 15 is 0 Å². The van der Waals surface area contributed by atoms with Gasteiger partial charge in [0.25, 0.3) is 5.91 Å². The topological polar surface area (TPSA) is 91.4 Å². The summed E-state index contributed by atoms with van der Waals surface area (Å²) in [5.41, 5.74) is 8.90. The van der Waals surface area contributed by atoms with E-state index < -0.39 is 0 Å². The van der Waals surface area contributed by atoms with Crippen molar-refractivity contribution in [2.24, 2.45) is 15.7 Å². The lowest BCUT2D eigenvalue weighted by atomic mass is 10.0. The Hall–Kier alpha value is -3.58. The highest BCUT2D eigenvalue weighted by atomic mass is 16.2. The number of carbonyl (C=O) groups is 2. The average molecular weight is 460 g/mol. The largest absolute Gasteiger partial charge is 0.382 e. The number of amidine groups is 1. The fourth-order valence-electron chi connectivity index (χ4n) is 3.81. The fraction of sp³-hybridized carbons (Fsp3) is 0.333. The van der Waals surface area contributed by atoms with Crippen LogP contribution in [0.15, 0.2) is 71.2 Å². The third-order valence-electron chi connectivity index (χ3n) is 5.94. The van der Waals surface area contributed by atoms with Gasteiger partial charge in [0.1, 0.15) is 11.5 Å². The zero-order valence-electron chi connectivity index (χ0n) is 20.0. The van der Waals surface area contributed by atoms with Gasteiger partial charge in [-0.1, -0.05) is 49.0 Å². The number of aryl methyl sites for hydroxylation is 1. The molecule has 2 N–H and O–H groups in total. The maximum absolute atomic E-state index is 13.0. The number of nitrogens with two attached hydrogens (primary N) is 1. The Bertz CT molecular complexity index is 1080. The Balaban J connectivity index is 1.71. The normalized spacial score (nSPS) is 15.3. The maximum atomic E-state index is 13.0. The van der Waals surface area contributed by atoms with Crippen molar-refractivity contribution < 1.29 is 9.59 Å². The van der Waals surface area contributed by atoms with Gasteiger partial charge in [0.15, 0.2) is 5.78 Å². The van der Waals surface area contributed by atoms with Crippen molar-refractivity contribution in [2.45, 2.75) is 19.3 Å². The summed E-state index contributed by atoms with van der Waals surface area (Å²) in [4.78, 5) is 38.3. The van der Waals surface area contributed by atoms with Crippen molar-refractivity contribution in [1.82, 2.24) is 9.80 Å². The summed E-state index contributed by atoms with van der Waals surface area (Å²) in [6.07, 6.45) is 1.78. The first kappa shape index (κ1) is 25.1. The van der Waals surface area contributed by atoms with E-state index in [1.54, 1.807) is 18.2 Å². The third-order valence-corrected chi connectivity index (χ3v) is 5.94. The van der Waals surface area contributed by atoms with Gasteiger partial charge < -0.3 is 15.5 Å². The summed E-state index contributed by atoms with van der Waals surface area (Å²) < 4.78 is 0. The minimum Gasteiger partial charge on any atom is -0.382 e. The highest BCUT2D eigenvalue weighted by Gasteiger charge is 2.21. The lowest BCUT2D eigenvalue weighted by Crippen LogP contribution is -2.47. The second-order valence-corrected chi connectivity index (χ2v) is 8.45. The molecular formula is C27H33N5O2. The summed E-state index contributed by atoms with van der Waals surface area (Å²) in [5.74, 6) is -0.112. The lowest BCUT2D eigenvalue weighted by Gasteiger charge is -2.32. The van der Waals surface area contributed by atoms with Crippen LogP contribution in [-0.2, 0) is 11.2 Å². The van der Waals surface area contributed by atoms with E-state index in [2.05, 4.69) is 28.5 Å². The molecule has 0 saturated carbocycles. The second-order valence-electron chi connectivity index (χ2n) is 8.45. The van der Waals surface area contributed by atoms with Crippen molar-refractivity contribution in [1.29, 1.82) is 0 Å². The van der Waals surface area contributed by atoms with E-state index in [0.717, 1.165) is 19.5 Å². The van der Waals surface area contributed by atoms with E-state index in [1.165, 1.54) is 12.6 Å². The number of likely N-dealkylation sites (N-methyl/N-ethyl adjacent to an activating group) is 1. The highest BCUT2D eigenvalue weighted by Crippen LogP contribution is 2.18. The Kier molecular flexibility index (Phi) is 8.87. The number of piperazine rings is 1. The monoisotopic (exact) mass is 459 g/mol. The first-order chi connectivity index (χ1) is 16.4. The summed E-state index contributed by atoms with van der Waals surface area (Å²) >= 11 is 0. The predicted octanol–water partition coefficient (Wildman–Crippen LogP) is 3.06. The van der Waals surface area contributed by atoms with Crippen LogP contribution in [0.4, 0.5) is 0 Å². The first-order valence-corrected chi connectivity index (χ1v) is 11.5. The van der Waals surface area contributed by atoms with E-state index in [-0.39, 0.29) is 23.2 Å². The van der Waals surface area contributed by atoms with Crippen molar-refractivity contribution >= 4 is 28.9 Å². The molecule has 7 heteroatoms. The number of nitrogens with zero attached hydrogens (tertiary/aromatic N) is 4. The second kappa shape index (κ2) is 12.0. The smallest absolute Gasteiger partial charge is 0.253 e. The van der Waals surface area contributed by atoms with Gasteiger partial charge in [0, 0.05) is 50.8 Å². The van der Waals surface area contributed by atoms with Gasteiger partial charge in [-0.05, 0) is 37.6 Å². The molecule has 3 rings (SSSR count). The van der Waals surface area contributed by atoms with Crippen LogP contribution in [0, 0.1) is 0 Å². The number of Topliss-reactive ketones (excluding diaryl/α,β-unsaturated/α-hetero) is 1. The van der Waals surface area contributed by atoms with Crippen LogP contribution >= 0.6 is 0 Å². The van der Waals surface area contributed by atoms with Crippen LogP contribution < -0.4 is 5.73 Å². The molecule has 2 aromatic rings. The van der Waals surface area contributed by atoms with Crippen LogP contribution in [0.2, 0.25) is 0 Å². The van der Waals surface area contributed by atoms with E-state index in [4.69, 9.17) is 5.73 Å². The van der Waals surface area contributed by atoms with Crippen LogP contribution in [0.5, 0.6) is 0 Å². The van der Waals surface area contributed by atoms with Gasteiger partial charge in [-0.3, -0.25) is 14.6 Å². The van der Waals surface area contributed by atoms with Gasteiger partial charge in [-0.25, -0.2) is 4.99 Å². The quantitative estimate of drug-likeness (QED) is 0.461. The Morgan fingerprint density at radius 2 is 1.68 bits per heavy atom. The van der Waals surface area contributed by atoms with Crippen molar-refractivity contribution in [3.05, 3.63) is 77.9 Å². The number of benzene rings is 2. The third kappa shape index (κ3) is 6.71. The van der Waals surface area contributed by atoms with Crippen LogP contribution in [-0.4, -0.2) is 73.3 Å². The van der Waals surface area contributed by atoms with E-state index in [0.29, 0.717) is 42.8 Å². The number of hydrogen-bond acceptors (Lipinski definition) is 5. The van der Waals surface area contributed by atoms with Crippen LogP contribution in [0.1, 0.15) is 34.3 Å². The van der Waals surface area contributed by atoms with Gasteiger partial charge >= 0.3 is 0 Å². The minimum absolute atomic E-state index is 0.0152. The molecule has 0 aliphatic carbocycles. The molecule has 1 amide bonds. The average Bonchev–Trinajstić information content (AvgIpc) is 2.87. The SMILES string of the molecule is C=C(N=C(C(=O)CCCc1ccccc1)C(N)=NC)c1cccc(C(=O)N2CCN(C)CC2)c1. The molecule has 178 valence electrons. The molecule has 0 spiro atoms. The number of rotatable bonds is 9. The number of amides is 1.